The van der Waals surface area contributed by atoms with Crippen molar-refractivity contribution in [3.8, 4) is 0 Å². The Kier molecular flexibility index (Phi) is 5.38. The molecule has 0 atom stereocenters. The fraction of sp³-hybridized carbons (Fsp3) is 0.111. The predicted octanol–water partition coefficient (Wildman–Crippen LogP) is 3.22. The Balaban J connectivity index is 0.000000160. The molecule has 2 heterocycles. The van der Waals surface area contributed by atoms with Gasteiger partial charge in [0, 0.05) is 18.1 Å². The van der Waals surface area contributed by atoms with Crippen LogP contribution in [0.15, 0.2) is 24.5 Å². The lowest BCUT2D eigenvalue weighted by molar-refractivity contribution is 1.10. The van der Waals surface area contributed by atoms with E-state index in [1.807, 2.05) is 6.92 Å². The van der Waals surface area contributed by atoms with E-state index >= 15 is 0 Å². The zero-order valence-corrected chi connectivity index (χ0v) is 10.5. The number of aryl methyl sites for hydroxylation is 1. The van der Waals surface area contributed by atoms with Gasteiger partial charge in [-0.3, -0.25) is 0 Å². The van der Waals surface area contributed by atoms with Crippen molar-refractivity contribution in [1.29, 1.82) is 0 Å². The molecule has 0 aliphatic rings. The minimum atomic E-state index is 0.178. The van der Waals surface area contributed by atoms with E-state index in [2.05, 4.69) is 19.9 Å². The molecule has 0 aromatic carbocycles. The minimum Gasteiger partial charge on any atom is -0.227 e. The van der Waals surface area contributed by atoms with E-state index in [0.717, 1.165) is 5.69 Å². The van der Waals surface area contributed by atoms with Crippen molar-refractivity contribution in [3.63, 3.8) is 0 Å². The maximum absolute atomic E-state index is 5.42. The summed E-state index contributed by atoms with van der Waals surface area (Å²) in [4.78, 5) is 14.7. The Morgan fingerprint density at radius 2 is 1.44 bits per heavy atom. The Morgan fingerprint density at radius 1 is 0.875 bits per heavy atom. The number of hydrogen-bond donors (Lipinski definition) is 0. The van der Waals surface area contributed by atoms with E-state index in [0.29, 0.717) is 10.4 Å². The van der Waals surface area contributed by atoms with Crippen LogP contribution in [0.2, 0.25) is 15.7 Å². The topological polar surface area (TPSA) is 51.6 Å². The number of rotatable bonds is 0. The van der Waals surface area contributed by atoms with E-state index in [4.69, 9.17) is 34.8 Å². The van der Waals surface area contributed by atoms with Gasteiger partial charge in [-0.05, 0) is 42.3 Å². The molecule has 0 saturated heterocycles. The zero-order chi connectivity index (χ0) is 12.0. The smallest absolute Gasteiger partial charge is 0.223 e. The molecule has 0 fully saturated rings. The summed E-state index contributed by atoms with van der Waals surface area (Å²) < 4.78 is 0. The lowest BCUT2D eigenvalue weighted by Crippen LogP contribution is -1.82. The molecule has 2 rings (SSSR count). The molecule has 0 saturated carbocycles. The molecular formula is C9H7Cl3N4. The quantitative estimate of drug-likeness (QED) is 0.548. The van der Waals surface area contributed by atoms with E-state index < -0.39 is 0 Å². The highest BCUT2D eigenvalue weighted by molar-refractivity contribution is 6.31. The van der Waals surface area contributed by atoms with Crippen LogP contribution in [0.25, 0.3) is 0 Å². The van der Waals surface area contributed by atoms with Crippen molar-refractivity contribution in [1.82, 2.24) is 19.9 Å². The summed E-state index contributed by atoms with van der Waals surface area (Å²) in [7, 11) is 0. The summed E-state index contributed by atoms with van der Waals surface area (Å²) in [6.45, 7) is 1.87. The molecule has 16 heavy (non-hydrogen) atoms. The van der Waals surface area contributed by atoms with Crippen LogP contribution in [0, 0.1) is 6.92 Å². The molecule has 7 heteroatoms. The van der Waals surface area contributed by atoms with Crippen LogP contribution in [0.5, 0.6) is 0 Å². The molecule has 0 bridgehead atoms. The maximum atomic E-state index is 5.42. The van der Waals surface area contributed by atoms with Crippen LogP contribution in [0.3, 0.4) is 0 Å². The van der Waals surface area contributed by atoms with E-state index in [-0.39, 0.29) is 5.28 Å². The van der Waals surface area contributed by atoms with Gasteiger partial charge in [0.2, 0.25) is 10.6 Å². The third kappa shape index (κ3) is 5.21. The monoisotopic (exact) mass is 276 g/mol. The maximum Gasteiger partial charge on any atom is 0.223 e. The van der Waals surface area contributed by atoms with Gasteiger partial charge in [0.1, 0.15) is 5.15 Å². The molecule has 0 spiro atoms. The number of nitrogens with zero attached hydrogens (tertiary/aromatic N) is 4. The standard InChI is InChI=1S/C5H5ClN2.C4H2Cl2N2/c1-4-2-3-7-5(6)8-4;5-3-1-2-7-4(6)8-3/h2-3H,1H3;1-2H. The van der Waals surface area contributed by atoms with E-state index in [9.17, 15) is 0 Å². The van der Waals surface area contributed by atoms with Crippen molar-refractivity contribution in [2.75, 3.05) is 0 Å². The molecule has 0 amide bonds. The first kappa shape index (κ1) is 13.1. The highest BCUT2D eigenvalue weighted by Gasteiger charge is 1.88. The van der Waals surface area contributed by atoms with Crippen molar-refractivity contribution in [2.24, 2.45) is 0 Å². The van der Waals surface area contributed by atoms with Crippen LogP contribution in [0.1, 0.15) is 5.69 Å². The van der Waals surface area contributed by atoms with Crippen molar-refractivity contribution in [3.05, 3.63) is 45.9 Å². The SMILES string of the molecule is Cc1ccnc(Cl)n1.Clc1ccnc(Cl)n1. The predicted molar refractivity (Wildman–Crippen MR) is 63.8 cm³/mol. The fourth-order valence-corrected chi connectivity index (χ4v) is 1.25. The number of halogens is 3. The molecule has 2 aromatic rings. The van der Waals surface area contributed by atoms with Crippen molar-refractivity contribution < 1.29 is 0 Å². The highest BCUT2D eigenvalue weighted by Crippen LogP contribution is 2.04. The second-order valence-corrected chi connectivity index (χ2v) is 3.68. The first-order chi connectivity index (χ1) is 7.58. The van der Waals surface area contributed by atoms with Gasteiger partial charge in [-0.1, -0.05) is 11.6 Å². The van der Waals surface area contributed by atoms with Crippen molar-refractivity contribution in [2.45, 2.75) is 6.92 Å². The molecule has 2 aromatic heterocycles. The van der Waals surface area contributed by atoms with Gasteiger partial charge >= 0.3 is 0 Å². The van der Waals surface area contributed by atoms with Gasteiger partial charge in [-0.2, -0.15) is 0 Å². The molecule has 0 N–H and O–H groups in total. The van der Waals surface area contributed by atoms with Crippen LogP contribution >= 0.6 is 34.8 Å². The summed E-state index contributed by atoms with van der Waals surface area (Å²) in [6, 6.07) is 3.36. The van der Waals surface area contributed by atoms with Gasteiger partial charge in [0.15, 0.2) is 0 Å². The van der Waals surface area contributed by atoms with Crippen molar-refractivity contribution >= 4 is 34.8 Å². The second-order valence-electron chi connectivity index (χ2n) is 2.62. The summed E-state index contributed by atoms with van der Waals surface area (Å²) >= 11 is 16.2. The van der Waals surface area contributed by atoms with Gasteiger partial charge in [0.25, 0.3) is 0 Å². The van der Waals surface area contributed by atoms with Gasteiger partial charge in [0.05, 0.1) is 0 Å². The first-order valence-corrected chi connectivity index (χ1v) is 5.30. The Morgan fingerprint density at radius 3 is 1.75 bits per heavy atom. The largest absolute Gasteiger partial charge is 0.227 e. The molecular weight excluding hydrogens is 270 g/mol. The molecule has 0 aliphatic heterocycles. The lowest BCUT2D eigenvalue weighted by atomic mass is 10.5. The van der Waals surface area contributed by atoms with Gasteiger partial charge in [-0.15, -0.1) is 0 Å². The number of hydrogen-bond acceptors (Lipinski definition) is 4. The number of aromatic nitrogens is 4. The summed E-state index contributed by atoms with van der Waals surface area (Å²) in [5, 5.41) is 0.854. The zero-order valence-electron chi connectivity index (χ0n) is 8.23. The summed E-state index contributed by atoms with van der Waals surface area (Å²) in [5.74, 6) is 0. The molecule has 4 nitrogen and oxygen atoms in total. The Bertz CT molecular complexity index is 386. The van der Waals surface area contributed by atoms with Gasteiger partial charge < -0.3 is 0 Å². The summed E-state index contributed by atoms with van der Waals surface area (Å²) in [5.41, 5.74) is 0.894. The minimum absolute atomic E-state index is 0.178. The fourth-order valence-electron chi connectivity index (χ4n) is 0.733. The first-order valence-electron chi connectivity index (χ1n) is 4.17. The molecule has 0 radical (unpaired) electrons. The Labute approximate surface area is 108 Å². The second kappa shape index (κ2) is 6.58. The Hall–Kier alpha value is -0.970. The van der Waals surface area contributed by atoms with Crippen LogP contribution in [0.4, 0.5) is 0 Å². The summed E-state index contributed by atoms with van der Waals surface area (Å²) in [6.07, 6.45) is 3.13. The van der Waals surface area contributed by atoms with E-state index in [1.165, 1.54) is 6.20 Å². The highest BCUT2D eigenvalue weighted by atomic mass is 35.5. The molecule has 0 aliphatic carbocycles. The molecule has 84 valence electrons. The van der Waals surface area contributed by atoms with Gasteiger partial charge in [-0.25, -0.2) is 19.9 Å². The van der Waals surface area contributed by atoms with Crippen LogP contribution in [-0.2, 0) is 0 Å². The van der Waals surface area contributed by atoms with E-state index in [1.54, 1.807) is 18.3 Å². The van der Waals surface area contributed by atoms with Crippen LogP contribution in [-0.4, -0.2) is 19.9 Å². The average molecular weight is 278 g/mol. The molecule has 0 unspecified atom stereocenters. The normalized spacial score (nSPS) is 9.25. The third-order valence-electron chi connectivity index (χ3n) is 1.36. The third-order valence-corrected chi connectivity index (χ3v) is 1.93. The average Bonchev–Trinajstić information content (AvgIpc) is 2.17. The lowest BCUT2D eigenvalue weighted by Gasteiger charge is -1.87. The van der Waals surface area contributed by atoms with Crippen LogP contribution < -0.4 is 0 Å².